The maximum Gasteiger partial charge on any atom is 0.280 e. The molecule has 1 aliphatic heterocycles. The summed E-state index contributed by atoms with van der Waals surface area (Å²) >= 11 is 0. The predicted molar refractivity (Wildman–Crippen MR) is 122 cm³/mol. The van der Waals surface area contributed by atoms with Crippen LogP contribution in [-0.2, 0) is 9.59 Å². The highest BCUT2D eigenvalue weighted by Gasteiger charge is 2.28. The van der Waals surface area contributed by atoms with Gasteiger partial charge in [0.2, 0.25) is 0 Å². The van der Waals surface area contributed by atoms with E-state index in [1.54, 1.807) is 18.2 Å². The average Bonchev–Trinajstić information content (AvgIpc) is 3.08. The van der Waals surface area contributed by atoms with Gasteiger partial charge in [0.25, 0.3) is 11.8 Å². The highest BCUT2D eigenvalue weighted by Crippen LogP contribution is 2.25. The van der Waals surface area contributed by atoms with Crippen LogP contribution in [0.2, 0.25) is 0 Å². The highest BCUT2D eigenvalue weighted by molar-refractivity contribution is 6.32. The van der Waals surface area contributed by atoms with Gasteiger partial charge in [-0.3, -0.25) is 9.59 Å². The minimum absolute atomic E-state index is 0.0916. The molecule has 154 valence electrons. The van der Waals surface area contributed by atoms with E-state index < -0.39 is 0 Å². The number of hydrazone groups is 1. The van der Waals surface area contributed by atoms with Gasteiger partial charge in [-0.2, -0.15) is 10.1 Å². The van der Waals surface area contributed by atoms with Gasteiger partial charge in [-0.25, -0.2) is 0 Å². The number of para-hydroxylation sites is 2. The lowest BCUT2D eigenvalue weighted by Gasteiger charge is -2.11. The van der Waals surface area contributed by atoms with Gasteiger partial charge in [0, 0.05) is 5.69 Å². The fourth-order valence-corrected chi connectivity index (χ4v) is 3.12. The van der Waals surface area contributed by atoms with E-state index in [2.05, 4.69) is 10.4 Å². The van der Waals surface area contributed by atoms with E-state index in [9.17, 15) is 9.59 Å². The van der Waals surface area contributed by atoms with Crippen molar-refractivity contribution in [3.05, 3.63) is 96.1 Å². The molecule has 6 heteroatoms. The Morgan fingerprint density at radius 1 is 0.968 bits per heavy atom. The lowest BCUT2D eigenvalue weighted by Crippen LogP contribution is -2.21. The van der Waals surface area contributed by atoms with Gasteiger partial charge in [-0.1, -0.05) is 48.5 Å². The van der Waals surface area contributed by atoms with Crippen molar-refractivity contribution in [1.29, 1.82) is 0 Å². The molecule has 0 bridgehead atoms. The van der Waals surface area contributed by atoms with Crippen molar-refractivity contribution in [2.45, 2.75) is 6.92 Å². The molecule has 1 heterocycles. The van der Waals surface area contributed by atoms with Crippen LogP contribution in [-0.4, -0.2) is 24.1 Å². The predicted octanol–water partition coefficient (Wildman–Crippen LogP) is 4.51. The molecule has 0 atom stereocenters. The summed E-state index contributed by atoms with van der Waals surface area (Å²) in [5.41, 5.74) is 3.49. The van der Waals surface area contributed by atoms with E-state index in [1.807, 2.05) is 79.7 Å². The van der Waals surface area contributed by atoms with Crippen LogP contribution in [0.15, 0.2) is 95.6 Å². The zero-order chi connectivity index (χ0) is 21.6. The number of ether oxygens (including phenoxy) is 1. The van der Waals surface area contributed by atoms with Crippen LogP contribution in [0.1, 0.15) is 12.5 Å². The lowest BCUT2D eigenvalue weighted by atomic mass is 10.1. The summed E-state index contributed by atoms with van der Waals surface area (Å²) in [4.78, 5) is 24.8. The Labute approximate surface area is 180 Å². The largest absolute Gasteiger partial charge is 0.484 e. The van der Waals surface area contributed by atoms with Gasteiger partial charge in [0.1, 0.15) is 5.75 Å². The first-order valence-corrected chi connectivity index (χ1v) is 9.85. The molecule has 0 saturated heterocycles. The smallest absolute Gasteiger partial charge is 0.280 e. The molecule has 31 heavy (non-hydrogen) atoms. The number of benzene rings is 3. The molecule has 0 fully saturated rings. The summed E-state index contributed by atoms with van der Waals surface area (Å²) in [5.74, 6) is 0.169. The van der Waals surface area contributed by atoms with E-state index in [1.165, 1.54) is 5.01 Å². The van der Waals surface area contributed by atoms with Gasteiger partial charge in [0.15, 0.2) is 6.61 Å². The van der Waals surface area contributed by atoms with Crippen molar-refractivity contribution in [2.24, 2.45) is 5.10 Å². The van der Waals surface area contributed by atoms with E-state index in [4.69, 9.17) is 4.74 Å². The van der Waals surface area contributed by atoms with E-state index in [0.717, 1.165) is 16.9 Å². The fraction of sp³-hybridized carbons (Fsp3) is 0.0800. The Morgan fingerprint density at radius 2 is 1.61 bits per heavy atom. The maximum atomic E-state index is 12.8. The molecule has 0 aliphatic carbocycles. The zero-order valence-electron chi connectivity index (χ0n) is 17.0. The highest BCUT2D eigenvalue weighted by atomic mass is 16.5. The van der Waals surface area contributed by atoms with E-state index in [-0.39, 0.29) is 18.4 Å². The van der Waals surface area contributed by atoms with Gasteiger partial charge in [-0.05, 0) is 55.0 Å². The Balaban J connectivity index is 1.38. The monoisotopic (exact) mass is 411 g/mol. The molecular formula is C25H21N3O3. The van der Waals surface area contributed by atoms with Gasteiger partial charge >= 0.3 is 0 Å². The number of nitrogens with one attached hydrogen (secondary N) is 1. The topological polar surface area (TPSA) is 71.0 Å². The number of rotatable bonds is 6. The van der Waals surface area contributed by atoms with Crippen LogP contribution in [0.3, 0.4) is 0 Å². The lowest BCUT2D eigenvalue weighted by molar-refractivity contribution is -0.118. The Bertz CT molecular complexity index is 1140. The van der Waals surface area contributed by atoms with Crippen LogP contribution in [0, 0.1) is 0 Å². The number of carbonyl (C=O) groups excluding carboxylic acids is 2. The second-order valence-corrected chi connectivity index (χ2v) is 6.97. The summed E-state index contributed by atoms with van der Waals surface area (Å²) in [6.45, 7) is 1.72. The minimum Gasteiger partial charge on any atom is -0.484 e. The summed E-state index contributed by atoms with van der Waals surface area (Å²) < 4.78 is 5.55. The summed E-state index contributed by atoms with van der Waals surface area (Å²) in [6.07, 6.45) is 1.80. The standard InChI is InChI=1S/C25H21N3O3/c1-18-23(25(30)28(27-18)21-10-6-3-7-11-21)16-19-12-14-22(15-13-19)31-17-24(29)26-20-8-4-2-5-9-20/h2-16H,17H2,1H3,(H,26,29)/b23-16-. The number of hydrogen-bond acceptors (Lipinski definition) is 4. The summed E-state index contributed by atoms with van der Waals surface area (Å²) in [6, 6.07) is 25.7. The van der Waals surface area contributed by atoms with Crippen LogP contribution in [0.25, 0.3) is 6.08 Å². The van der Waals surface area contributed by atoms with Crippen LogP contribution in [0.4, 0.5) is 11.4 Å². The van der Waals surface area contributed by atoms with Crippen molar-refractivity contribution < 1.29 is 14.3 Å². The van der Waals surface area contributed by atoms with Gasteiger partial charge in [0.05, 0.1) is 17.0 Å². The quantitative estimate of drug-likeness (QED) is 0.607. The first-order chi connectivity index (χ1) is 15.1. The Kier molecular flexibility index (Phi) is 5.89. The number of anilines is 2. The SMILES string of the molecule is CC1=NN(c2ccccc2)C(=O)/C1=C\c1ccc(OCC(=O)Nc2ccccc2)cc1. The third-order valence-electron chi connectivity index (χ3n) is 4.68. The molecular weight excluding hydrogens is 390 g/mol. The number of hydrogen-bond donors (Lipinski definition) is 1. The fourth-order valence-electron chi connectivity index (χ4n) is 3.12. The zero-order valence-corrected chi connectivity index (χ0v) is 17.0. The molecule has 0 aromatic heterocycles. The Hall–Kier alpha value is -4.19. The molecule has 3 aromatic rings. The molecule has 0 spiro atoms. The molecule has 0 saturated carbocycles. The van der Waals surface area contributed by atoms with Crippen molar-refractivity contribution >= 4 is 35.0 Å². The second-order valence-electron chi connectivity index (χ2n) is 6.97. The minimum atomic E-state index is -0.234. The molecule has 6 nitrogen and oxygen atoms in total. The van der Waals surface area contributed by atoms with Crippen LogP contribution < -0.4 is 15.1 Å². The Morgan fingerprint density at radius 3 is 2.29 bits per heavy atom. The van der Waals surface area contributed by atoms with Crippen LogP contribution in [0.5, 0.6) is 5.75 Å². The van der Waals surface area contributed by atoms with E-state index in [0.29, 0.717) is 17.0 Å². The molecule has 0 unspecified atom stereocenters. The van der Waals surface area contributed by atoms with Crippen LogP contribution >= 0.6 is 0 Å². The van der Waals surface area contributed by atoms with Crippen molar-refractivity contribution in [2.75, 3.05) is 16.9 Å². The third kappa shape index (κ3) is 4.87. The first kappa shape index (κ1) is 20.1. The number of amides is 2. The summed E-state index contributed by atoms with van der Waals surface area (Å²) in [5, 5.41) is 8.56. The van der Waals surface area contributed by atoms with Crippen molar-refractivity contribution in [3.8, 4) is 5.75 Å². The maximum absolute atomic E-state index is 12.8. The van der Waals surface area contributed by atoms with Gasteiger partial charge < -0.3 is 10.1 Å². The van der Waals surface area contributed by atoms with Crippen molar-refractivity contribution in [3.63, 3.8) is 0 Å². The van der Waals surface area contributed by atoms with Gasteiger partial charge in [-0.15, -0.1) is 0 Å². The average molecular weight is 411 g/mol. The second kappa shape index (κ2) is 9.09. The first-order valence-electron chi connectivity index (χ1n) is 9.85. The molecule has 4 rings (SSSR count). The summed E-state index contributed by atoms with van der Waals surface area (Å²) in [7, 11) is 0. The number of carbonyl (C=O) groups is 2. The molecule has 1 aliphatic rings. The van der Waals surface area contributed by atoms with Crippen molar-refractivity contribution in [1.82, 2.24) is 0 Å². The molecule has 0 radical (unpaired) electrons. The van der Waals surface area contributed by atoms with E-state index >= 15 is 0 Å². The number of nitrogens with zero attached hydrogens (tertiary/aromatic N) is 2. The molecule has 2 amide bonds. The molecule has 3 aromatic carbocycles. The third-order valence-corrected chi connectivity index (χ3v) is 4.68. The molecule has 1 N–H and O–H groups in total. The normalized spacial score (nSPS) is 14.5.